The van der Waals surface area contributed by atoms with Crippen molar-refractivity contribution < 1.29 is 0 Å². The van der Waals surface area contributed by atoms with Crippen LogP contribution >= 0.6 is 0 Å². The SMILES string of the molecule is O=c1c(=O)c2ccc(-c3ccccc3)c3c2-c2c1cccc2c(=O)c3=O. The van der Waals surface area contributed by atoms with Crippen LogP contribution in [0.5, 0.6) is 0 Å². The molecule has 0 aliphatic heterocycles. The molecule has 0 fully saturated rings. The standard InChI is InChI=1S/C22H10O4/c23-19-13-7-4-8-14-16(13)17-15(20(19)24)10-9-12(11-5-2-1-3-6-11)18(17)22(26)21(14)25/h1-10H. The Kier molecular flexibility index (Phi) is 2.78. The number of hydrogen-bond acceptors (Lipinski definition) is 4. The molecule has 0 heterocycles. The van der Waals surface area contributed by atoms with E-state index in [9.17, 15) is 19.2 Å². The molecule has 5 rings (SSSR count). The highest BCUT2D eigenvalue weighted by molar-refractivity contribution is 6.14. The summed E-state index contributed by atoms with van der Waals surface area (Å²) in [4.78, 5) is 50.6. The predicted molar refractivity (Wildman–Crippen MR) is 102 cm³/mol. The van der Waals surface area contributed by atoms with Crippen molar-refractivity contribution in [2.24, 2.45) is 0 Å². The van der Waals surface area contributed by atoms with Crippen molar-refractivity contribution in [1.82, 2.24) is 0 Å². The second-order valence-electron chi connectivity index (χ2n) is 6.32. The summed E-state index contributed by atoms with van der Waals surface area (Å²) in [6, 6.07) is 17.0. The van der Waals surface area contributed by atoms with Crippen LogP contribution in [0.4, 0.5) is 0 Å². The molecule has 0 radical (unpaired) electrons. The van der Waals surface area contributed by atoms with E-state index in [-0.39, 0.29) is 21.5 Å². The average Bonchev–Trinajstić information content (AvgIpc) is 2.69. The third kappa shape index (κ3) is 1.68. The van der Waals surface area contributed by atoms with Gasteiger partial charge in [0.05, 0.1) is 0 Å². The van der Waals surface area contributed by atoms with Crippen LogP contribution in [0, 0.1) is 0 Å². The molecule has 0 spiro atoms. The van der Waals surface area contributed by atoms with Gasteiger partial charge in [-0.25, -0.2) is 0 Å². The first-order chi connectivity index (χ1) is 12.6. The molecule has 122 valence electrons. The zero-order chi connectivity index (χ0) is 18.0. The molecule has 4 nitrogen and oxygen atoms in total. The van der Waals surface area contributed by atoms with Crippen molar-refractivity contribution >= 4 is 21.5 Å². The first kappa shape index (κ1) is 14.7. The van der Waals surface area contributed by atoms with E-state index in [4.69, 9.17) is 0 Å². The van der Waals surface area contributed by atoms with Crippen LogP contribution < -0.4 is 21.7 Å². The fourth-order valence-corrected chi connectivity index (χ4v) is 3.83. The van der Waals surface area contributed by atoms with Gasteiger partial charge >= 0.3 is 0 Å². The lowest BCUT2D eigenvalue weighted by Crippen LogP contribution is -2.31. The van der Waals surface area contributed by atoms with Gasteiger partial charge in [0.15, 0.2) is 0 Å². The Morgan fingerprint density at radius 3 is 1.69 bits per heavy atom. The highest BCUT2D eigenvalue weighted by Crippen LogP contribution is 2.38. The molecule has 0 bridgehead atoms. The molecule has 3 aromatic rings. The summed E-state index contributed by atoms with van der Waals surface area (Å²) in [5.74, 6) is 0. The molecule has 0 saturated heterocycles. The van der Waals surface area contributed by atoms with Crippen molar-refractivity contribution in [3.63, 3.8) is 0 Å². The molecule has 0 N–H and O–H groups in total. The van der Waals surface area contributed by atoms with Crippen molar-refractivity contribution in [3.05, 3.63) is 102 Å². The summed E-state index contributed by atoms with van der Waals surface area (Å²) < 4.78 is 0. The van der Waals surface area contributed by atoms with Crippen LogP contribution in [0.15, 0.2) is 79.8 Å². The van der Waals surface area contributed by atoms with Crippen molar-refractivity contribution in [2.75, 3.05) is 0 Å². The Morgan fingerprint density at radius 2 is 1.04 bits per heavy atom. The Hall–Kier alpha value is -3.66. The van der Waals surface area contributed by atoms with E-state index in [1.807, 2.05) is 30.3 Å². The van der Waals surface area contributed by atoms with Crippen LogP contribution in [-0.2, 0) is 0 Å². The second kappa shape index (κ2) is 4.92. The number of rotatable bonds is 1. The van der Waals surface area contributed by atoms with Crippen molar-refractivity contribution in [3.8, 4) is 22.3 Å². The molecule has 0 atom stereocenters. The fourth-order valence-electron chi connectivity index (χ4n) is 3.83. The Bertz CT molecular complexity index is 1490. The Morgan fingerprint density at radius 1 is 0.462 bits per heavy atom. The van der Waals surface area contributed by atoms with Crippen LogP contribution in [-0.4, -0.2) is 0 Å². The molecule has 0 amide bonds. The normalized spacial score (nSPS) is 11.7. The highest BCUT2D eigenvalue weighted by atomic mass is 16.2. The molecule has 0 aromatic heterocycles. The van der Waals surface area contributed by atoms with E-state index in [0.717, 1.165) is 5.56 Å². The predicted octanol–water partition coefficient (Wildman–Crippen LogP) is 2.52. The summed E-state index contributed by atoms with van der Waals surface area (Å²) >= 11 is 0. The fraction of sp³-hybridized carbons (Fsp3) is 0. The van der Waals surface area contributed by atoms with Gasteiger partial charge in [0, 0.05) is 32.7 Å². The van der Waals surface area contributed by atoms with Crippen LogP contribution in [0.2, 0.25) is 0 Å². The van der Waals surface area contributed by atoms with Gasteiger partial charge in [0.25, 0.3) is 0 Å². The maximum Gasteiger partial charge on any atom is 0.234 e. The van der Waals surface area contributed by atoms with Crippen LogP contribution in [0.25, 0.3) is 43.8 Å². The van der Waals surface area contributed by atoms with Crippen LogP contribution in [0.3, 0.4) is 0 Å². The first-order valence-corrected chi connectivity index (χ1v) is 8.13. The molecule has 2 aliphatic carbocycles. The van der Waals surface area contributed by atoms with Gasteiger partial charge < -0.3 is 0 Å². The van der Waals surface area contributed by atoms with E-state index in [1.165, 1.54) is 18.2 Å². The van der Waals surface area contributed by atoms with Crippen molar-refractivity contribution in [1.29, 1.82) is 0 Å². The zero-order valence-corrected chi connectivity index (χ0v) is 13.4. The smallest absolute Gasteiger partial charge is 0.234 e. The summed E-state index contributed by atoms with van der Waals surface area (Å²) in [6.45, 7) is 0. The molecule has 26 heavy (non-hydrogen) atoms. The van der Waals surface area contributed by atoms with Crippen molar-refractivity contribution in [2.45, 2.75) is 0 Å². The first-order valence-electron chi connectivity index (χ1n) is 8.13. The summed E-state index contributed by atoms with van der Waals surface area (Å²) in [5, 5.41) is 0.768. The van der Waals surface area contributed by atoms with E-state index in [2.05, 4.69) is 0 Å². The topological polar surface area (TPSA) is 68.3 Å². The molecular weight excluding hydrogens is 328 g/mol. The summed E-state index contributed by atoms with van der Waals surface area (Å²) in [5.41, 5.74) is -0.404. The van der Waals surface area contributed by atoms with E-state index in [0.29, 0.717) is 16.7 Å². The molecule has 0 saturated carbocycles. The Labute approximate surface area is 146 Å². The minimum absolute atomic E-state index is 0.186. The maximum absolute atomic E-state index is 12.9. The summed E-state index contributed by atoms with van der Waals surface area (Å²) in [7, 11) is 0. The highest BCUT2D eigenvalue weighted by Gasteiger charge is 2.26. The number of benzene rings is 5. The van der Waals surface area contributed by atoms with Gasteiger partial charge in [0.1, 0.15) is 0 Å². The minimum Gasteiger partial charge on any atom is -0.285 e. The Balaban J connectivity index is 2.19. The van der Waals surface area contributed by atoms with Gasteiger partial charge in [-0.2, -0.15) is 0 Å². The van der Waals surface area contributed by atoms with Gasteiger partial charge in [-0.3, -0.25) is 19.2 Å². The number of hydrogen-bond donors (Lipinski definition) is 0. The lowest BCUT2D eigenvalue weighted by atomic mass is 9.84. The van der Waals surface area contributed by atoms with Gasteiger partial charge in [-0.15, -0.1) is 0 Å². The maximum atomic E-state index is 12.9. The quantitative estimate of drug-likeness (QED) is 0.348. The second-order valence-corrected chi connectivity index (χ2v) is 6.32. The summed E-state index contributed by atoms with van der Waals surface area (Å²) in [6.07, 6.45) is 0. The molecular formula is C22H10O4. The molecule has 4 heteroatoms. The molecule has 2 aliphatic rings. The third-order valence-corrected chi connectivity index (χ3v) is 4.98. The molecule has 0 unspecified atom stereocenters. The lowest BCUT2D eigenvalue weighted by Gasteiger charge is -2.16. The zero-order valence-electron chi connectivity index (χ0n) is 13.4. The van der Waals surface area contributed by atoms with E-state index >= 15 is 0 Å². The monoisotopic (exact) mass is 338 g/mol. The lowest BCUT2D eigenvalue weighted by molar-refractivity contribution is 1.50. The minimum atomic E-state index is -0.647. The van der Waals surface area contributed by atoms with E-state index in [1.54, 1.807) is 12.1 Å². The average molecular weight is 338 g/mol. The van der Waals surface area contributed by atoms with Gasteiger partial charge in [0.2, 0.25) is 21.7 Å². The largest absolute Gasteiger partial charge is 0.285 e. The van der Waals surface area contributed by atoms with Crippen LogP contribution in [0.1, 0.15) is 0 Å². The molecule has 3 aromatic carbocycles. The van der Waals surface area contributed by atoms with Gasteiger partial charge in [-0.1, -0.05) is 54.6 Å². The van der Waals surface area contributed by atoms with E-state index < -0.39 is 21.7 Å². The third-order valence-electron chi connectivity index (χ3n) is 4.98. The van der Waals surface area contributed by atoms with Gasteiger partial charge in [-0.05, 0) is 17.2 Å².